The molecule has 0 fully saturated rings. The lowest BCUT2D eigenvalue weighted by atomic mass is 10.7. The highest BCUT2D eigenvalue weighted by Crippen LogP contribution is 1.79. The van der Waals surface area contributed by atoms with Gasteiger partial charge in [0.05, 0.1) is 39.5 Å². The van der Waals surface area contributed by atoms with Crippen LogP contribution in [0.15, 0.2) is 9.98 Å². The Kier molecular flexibility index (Phi) is 25.4. The van der Waals surface area contributed by atoms with Crippen molar-refractivity contribution in [1.29, 1.82) is 0 Å². The van der Waals surface area contributed by atoms with Crippen molar-refractivity contribution in [2.75, 3.05) is 66.2 Å². The molecular weight excluding hydrogens is 296 g/mol. The van der Waals surface area contributed by atoms with E-state index in [9.17, 15) is 9.59 Å². The molecule has 0 unspecified atom stereocenters. The van der Waals surface area contributed by atoms with E-state index >= 15 is 0 Å². The number of nitrogens with two attached hydrogens (primary N) is 2. The maximum atomic E-state index is 9.58. The van der Waals surface area contributed by atoms with Gasteiger partial charge >= 0.3 is 0 Å². The molecule has 128 valence electrons. The van der Waals surface area contributed by atoms with Gasteiger partial charge in [-0.25, -0.2) is 19.6 Å². The Morgan fingerprint density at radius 3 is 1.36 bits per heavy atom. The summed E-state index contributed by atoms with van der Waals surface area (Å²) in [5, 5.41) is 0. The molecule has 0 aromatic carbocycles. The van der Waals surface area contributed by atoms with Crippen LogP contribution < -0.4 is 11.5 Å². The number of carbonyl (C=O) groups excluding carboxylic acids is 2. The molecule has 0 aliphatic rings. The maximum absolute atomic E-state index is 9.58. The highest BCUT2D eigenvalue weighted by molar-refractivity contribution is 5.32. The maximum Gasteiger partial charge on any atom is 0.235 e. The average Bonchev–Trinajstić information content (AvgIpc) is 2.54. The number of ether oxygens (including phenoxy) is 4. The number of nitrogens with zero attached hydrogens (tertiary/aromatic N) is 2. The zero-order valence-corrected chi connectivity index (χ0v) is 12.6. The Morgan fingerprint density at radius 2 is 1.05 bits per heavy atom. The van der Waals surface area contributed by atoms with Crippen molar-refractivity contribution in [1.82, 2.24) is 0 Å². The van der Waals surface area contributed by atoms with Crippen molar-refractivity contribution in [3.8, 4) is 0 Å². The van der Waals surface area contributed by atoms with Crippen molar-refractivity contribution in [2.45, 2.75) is 0 Å². The molecule has 10 heteroatoms. The molecule has 0 heterocycles. The van der Waals surface area contributed by atoms with Gasteiger partial charge in [-0.05, 0) is 0 Å². The minimum absolute atomic E-state index is 0.1000. The first-order chi connectivity index (χ1) is 10.8. The third kappa shape index (κ3) is 27.0. The van der Waals surface area contributed by atoms with Gasteiger partial charge in [0.2, 0.25) is 12.2 Å². The summed E-state index contributed by atoms with van der Waals surface area (Å²) < 4.78 is 19.5. The lowest BCUT2D eigenvalue weighted by molar-refractivity contribution is -0.0482. The van der Waals surface area contributed by atoms with Gasteiger partial charge in [0.1, 0.15) is 13.6 Å². The summed E-state index contributed by atoms with van der Waals surface area (Å²) in [5.74, 6) is 0. The van der Waals surface area contributed by atoms with E-state index in [-0.39, 0.29) is 19.9 Å². The summed E-state index contributed by atoms with van der Waals surface area (Å²) >= 11 is 0. The second-order valence-electron chi connectivity index (χ2n) is 3.39. The molecule has 0 saturated carbocycles. The number of aliphatic imine (C=N–C) groups is 2. The van der Waals surface area contributed by atoms with Crippen LogP contribution in [0.25, 0.3) is 0 Å². The highest BCUT2D eigenvalue weighted by atomic mass is 16.7. The molecular formula is C12H24N4O6. The number of hydrogen-bond donors (Lipinski definition) is 2. The second-order valence-corrected chi connectivity index (χ2v) is 3.39. The van der Waals surface area contributed by atoms with E-state index in [0.29, 0.717) is 46.3 Å². The zero-order valence-electron chi connectivity index (χ0n) is 12.6. The minimum atomic E-state index is 0.1000. The first-order valence-corrected chi connectivity index (χ1v) is 6.61. The molecule has 0 amide bonds. The molecule has 0 aromatic rings. The van der Waals surface area contributed by atoms with Crippen molar-refractivity contribution in [3.63, 3.8) is 0 Å². The van der Waals surface area contributed by atoms with Crippen LogP contribution in [0.1, 0.15) is 0 Å². The van der Waals surface area contributed by atoms with Crippen LogP contribution in [0.3, 0.4) is 0 Å². The van der Waals surface area contributed by atoms with Crippen LogP contribution in [-0.4, -0.2) is 78.4 Å². The standard InChI is InChI=1S/C7H10N2O4.C5H14N2O2/c10-5-8-1-3-12-7-13-4-2-9-6-11;6-1-3-8-5-9-4-2-7/h1-4,7H2;1-7H2. The topological polar surface area (TPSA) is 148 Å². The lowest BCUT2D eigenvalue weighted by Crippen LogP contribution is -2.14. The van der Waals surface area contributed by atoms with Gasteiger partial charge in [0.25, 0.3) is 0 Å². The van der Waals surface area contributed by atoms with E-state index in [1.54, 1.807) is 0 Å². The molecule has 0 atom stereocenters. The summed E-state index contributed by atoms with van der Waals surface area (Å²) in [6.45, 7) is 3.74. The van der Waals surface area contributed by atoms with Crippen molar-refractivity contribution in [2.24, 2.45) is 21.5 Å². The van der Waals surface area contributed by atoms with Crippen molar-refractivity contribution < 1.29 is 28.5 Å². The van der Waals surface area contributed by atoms with Crippen LogP contribution in [0, 0.1) is 0 Å². The largest absolute Gasteiger partial charge is 0.354 e. The number of isocyanates is 2. The lowest BCUT2D eigenvalue weighted by Gasteiger charge is -2.01. The molecule has 0 saturated heterocycles. The fourth-order valence-corrected chi connectivity index (χ4v) is 0.832. The van der Waals surface area contributed by atoms with E-state index in [2.05, 4.69) is 9.98 Å². The summed E-state index contributed by atoms with van der Waals surface area (Å²) in [6.07, 6.45) is 2.77. The Balaban J connectivity index is 0. The van der Waals surface area contributed by atoms with Gasteiger partial charge in [-0.2, -0.15) is 0 Å². The van der Waals surface area contributed by atoms with Crippen LogP contribution >= 0.6 is 0 Å². The molecule has 22 heavy (non-hydrogen) atoms. The second kappa shape index (κ2) is 24.5. The van der Waals surface area contributed by atoms with E-state index < -0.39 is 0 Å². The van der Waals surface area contributed by atoms with Crippen LogP contribution in [-0.2, 0) is 28.5 Å². The first kappa shape index (κ1) is 22.8. The van der Waals surface area contributed by atoms with Gasteiger partial charge in [-0.3, -0.25) is 0 Å². The molecule has 0 bridgehead atoms. The predicted molar refractivity (Wildman–Crippen MR) is 77.6 cm³/mol. The van der Waals surface area contributed by atoms with Gasteiger partial charge < -0.3 is 30.4 Å². The van der Waals surface area contributed by atoms with E-state index in [0.717, 1.165) is 0 Å². The average molecular weight is 320 g/mol. The molecule has 0 aliphatic carbocycles. The minimum Gasteiger partial charge on any atom is -0.354 e. The number of rotatable bonds is 14. The smallest absolute Gasteiger partial charge is 0.235 e. The molecule has 4 N–H and O–H groups in total. The molecule has 10 nitrogen and oxygen atoms in total. The summed E-state index contributed by atoms with van der Waals surface area (Å²) in [4.78, 5) is 25.7. The Bertz CT molecular complexity index is 278. The summed E-state index contributed by atoms with van der Waals surface area (Å²) in [7, 11) is 0. The van der Waals surface area contributed by atoms with E-state index in [1.807, 2.05) is 0 Å². The van der Waals surface area contributed by atoms with Gasteiger partial charge in [-0.1, -0.05) is 0 Å². The molecule has 0 aromatic heterocycles. The normalized spacial score (nSPS) is 9.18. The zero-order chi connectivity index (χ0) is 16.7. The molecule has 0 spiro atoms. The van der Waals surface area contributed by atoms with E-state index in [1.165, 1.54) is 12.2 Å². The monoisotopic (exact) mass is 320 g/mol. The SMILES string of the molecule is NCCOCOCCN.O=C=NCCOCOCCN=C=O. The quantitative estimate of drug-likeness (QED) is 0.171. The predicted octanol–water partition coefficient (Wildman–Crippen LogP) is -1.46. The third-order valence-corrected chi connectivity index (χ3v) is 1.68. The van der Waals surface area contributed by atoms with Crippen LogP contribution in [0.5, 0.6) is 0 Å². The van der Waals surface area contributed by atoms with Gasteiger partial charge in [0, 0.05) is 13.1 Å². The molecule has 0 radical (unpaired) electrons. The third-order valence-electron chi connectivity index (χ3n) is 1.68. The summed E-state index contributed by atoms with van der Waals surface area (Å²) in [5.41, 5.74) is 10.3. The van der Waals surface area contributed by atoms with Crippen LogP contribution in [0.4, 0.5) is 0 Å². The molecule has 0 aliphatic heterocycles. The highest BCUT2D eigenvalue weighted by Gasteiger charge is 1.87. The van der Waals surface area contributed by atoms with Gasteiger partial charge in [0.15, 0.2) is 0 Å². The fraction of sp³-hybridized carbons (Fsp3) is 0.833. The Labute approximate surface area is 129 Å². The number of hydrogen-bond acceptors (Lipinski definition) is 10. The Morgan fingerprint density at radius 1 is 0.682 bits per heavy atom. The van der Waals surface area contributed by atoms with Gasteiger partial charge in [-0.15, -0.1) is 0 Å². The van der Waals surface area contributed by atoms with E-state index in [4.69, 9.17) is 30.4 Å². The fourth-order valence-electron chi connectivity index (χ4n) is 0.832. The van der Waals surface area contributed by atoms with Crippen LogP contribution in [0.2, 0.25) is 0 Å². The Hall–Kier alpha value is -1.48. The molecule has 0 rings (SSSR count). The van der Waals surface area contributed by atoms with Crippen molar-refractivity contribution >= 4 is 12.2 Å². The van der Waals surface area contributed by atoms with Crippen molar-refractivity contribution in [3.05, 3.63) is 0 Å². The summed E-state index contributed by atoms with van der Waals surface area (Å²) in [6, 6.07) is 0. The first-order valence-electron chi connectivity index (χ1n) is 6.61.